The molecule has 4 rings (SSSR count). The van der Waals surface area contributed by atoms with Gasteiger partial charge in [0.1, 0.15) is 11.4 Å². The molecule has 27 heavy (non-hydrogen) atoms. The van der Waals surface area contributed by atoms with Gasteiger partial charge in [-0.15, -0.1) is 11.3 Å². The number of amides is 1. The minimum Gasteiger partial charge on any atom is -0.497 e. The molecule has 0 saturated heterocycles. The van der Waals surface area contributed by atoms with E-state index in [0.29, 0.717) is 16.4 Å². The molecule has 136 valence electrons. The molecule has 5 nitrogen and oxygen atoms in total. The summed E-state index contributed by atoms with van der Waals surface area (Å²) in [6, 6.07) is 13.1. The third kappa shape index (κ3) is 3.29. The molecule has 4 aromatic rings. The zero-order valence-electron chi connectivity index (χ0n) is 14.7. The number of nitrogens with one attached hydrogen (secondary N) is 1. The SMILES string of the molecule is COc1ccc(-c2cn3c(C(=O)Nc4cccc(Cl)c4C)csc3n2)cc1. The zero-order chi connectivity index (χ0) is 19.0. The topological polar surface area (TPSA) is 55.6 Å². The molecule has 0 fully saturated rings. The van der Waals surface area contributed by atoms with Crippen LogP contribution in [0.1, 0.15) is 16.1 Å². The summed E-state index contributed by atoms with van der Waals surface area (Å²) in [4.78, 5) is 18.1. The van der Waals surface area contributed by atoms with Crippen molar-refractivity contribution >= 4 is 39.5 Å². The number of anilines is 1. The second-order valence-electron chi connectivity index (χ2n) is 5.99. The van der Waals surface area contributed by atoms with E-state index in [-0.39, 0.29) is 5.91 Å². The van der Waals surface area contributed by atoms with Gasteiger partial charge in [0.2, 0.25) is 0 Å². The quantitative estimate of drug-likeness (QED) is 0.509. The lowest BCUT2D eigenvalue weighted by molar-refractivity contribution is 0.102. The summed E-state index contributed by atoms with van der Waals surface area (Å²) in [7, 11) is 1.63. The third-order valence-corrected chi connectivity index (χ3v) is 5.59. The maximum atomic E-state index is 12.8. The number of aromatic nitrogens is 2. The fourth-order valence-electron chi connectivity index (χ4n) is 2.78. The molecule has 2 aromatic heterocycles. The van der Waals surface area contributed by atoms with Crippen molar-refractivity contribution < 1.29 is 9.53 Å². The minimum atomic E-state index is -0.203. The summed E-state index contributed by atoms with van der Waals surface area (Å²) in [5, 5.41) is 5.35. The van der Waals surface area contributed by atoms with Crippen LogP contribution in [0.15, 0.2) is 54.0 Å². The highest BCUT2D eigenvalue weighted by molar-refractivity contribution is 7.15. The van der Waals surface area contributed by atoms with E-state index in [2.05, 4.69) is 10.3 Å². The zero-order valence-corrected chi connectivity index (χ0v) is 16.3. The van der Waals surface area contributed by atoms with Gasteiger partial charge in [0.15, 0.2) is 4.96 Å². The molecule has 0 aliphatic heterocycles. The molecule has 1 N–H and O–H groups in total. The molecular weight excluding hydrogens is 382 g/mol. The summed E-state index contributed by atoms with van der Waals surface area (Å²) in [6.07, 6.45) is 1.87. The van der Waals surface area contributed by atoms with Gasteiger partial charge in [-0.05, 0) is 48.9 Å². The fraction of sp³-hybridized carbons (Fsp3) is 0.100. The number of ether oxygens (including phenoxy) is 1. The highest BCUT2D eigenvalue weighted by atomic mass is 35.5. The number of nitrogens with zero attached hydrogens (tertiary/aromatic N) is 2. The van der Waals surface area contributed by atoms with Crippen LogP contribution in [0.2, 0.25) is 5.02 Å². The molecule has 7 heteroatoms. The number of methoxy groups -OCH3 is 1. The van der Waals surface area contributed by atoms with E-state index >= 15 is 0 Å². The first-order valence-corrected chi connectivity index (χ1v) is 9.50. The number of halogens is 1. The van der Waals surface area contributed by atoms with Crippen molar-refractivity contribution in [3.63, 3.8) is 0 Å². The predicted molar refractivity (Wildman–Crippen MR) is 109 cm³/mol. The Morgan fingerprint density at radius 1 is 1.22 bits per heavy atom. The lowest BCUT2D eigenvalue weighted by atomic mass is 10.2. The van der Waals surface area contributed by atoms with Gasteiger partial charge in [0.05, 0.1) is 12.8 Å². The van der Waals surface area contributed by atoms with E-state index < -0.39 is 0 Å². The maximum Gasteiger partial charge on any atom is 0.273 e. The Balaban J connectivity index is 1.65. The van der Waals surface area contributed by atoms with Crippen molar-refractivity contribution in [1.29, 1.82) is 0 Å². The Bertz CT molecular complexity index is 1130. The number of fused-ring (bicyclic) bond motifs is 1. The van der Waals surface area contributed by atoms with Gasteiger partial charge in [-0.1, -0.05) is 17.7 Å². The van der Waals surface area contributed by atoms with Crippen LogP contribution < -0.4 is 10.1 Å². The average molecular weight is 398 g/mol. The van der Waals surface area contributed by atoms with Gasteiger partial charge < -0.3 is 10.1 Å². The molecule has 0 radical (unpaired) electrons. The van der Waals surface area contributed by atoms with Crippen molar-refractivity contribution in [2.24, 2.45) is 0 Å². The number of rotatable bonds is 4. The third-order valence-electron chi connectivity index (χ3n) is 4.34. The highest BCUT2D eigenvalue weighted by Crippen LogP contribution is 2.27. The summed E-state index contributed by atoms with van der Waals surface area (Å²) in [6.45, 7) is 1.88. The van der Waals surface area contributed by atoms with Gasteiger partial charge >= 0.3 is 0 Å². The molecule has 0 aliphatic rings. The van der Waals surface area contributed by atoms with Crippen molar-refractivity contribution in [2.75, 3.05) is 12.4 Å². The van der Waals surface area contributed by atoms with Crippen molar-refractivity contribution in [3.8, 4) is 17.0 Å². The molecule has 0 spiro atoms. The summed E-state index contributed by atoms with van der Waals surface area (Å²) < 4.78 is 6.99. The number of imidazole rings is 1. The predicted octanol–water partition coefficient (Wildman–Crippen LogP) is 5.29. The second-order valence-corrected chi connectivity index (χ2v) is 7.24. The van der Waals surface area contributed by atoms with E-state index in [1.807, 2.05) is 49.5 Å². The van der Waals surface area contributed by atoms with Gasteiger partial charge in [0, 0.05) is 27.9 Å². The standard InChI is InChI=1S/C20H16ClN3O2S/c1-12-15(21)4-3-5-16(12)22-19(25)18-11-27-20-23-17(10-24(18)20)13-6-8-14(26-2)9-7-13/h3-11H,1-2H3,(H,22,25). The van der Waals surface area contributed by atoms with Crippen LogP contribution in [0.25, 0.3) is 16.2 Å². The Kier molecular flexibility index (Phi) is 4.59. The minimum absolute atomic E-state index is 0.203. The van der Waals surface area contributed by atoms with Crippen LogP contribution in [-0.2, 0) is 0 Å². The summed E-state index contributed by atoms with van der Waals surface area (Å²) >= 11 is 7.56. The van der Waals surface area contributed by atoms with Crippen molar-refractivity contribution in [2.45, 2.75) is 6.92 Å². The average Bonchev–Trinajstić information content (AvgIpc) is 3.26. The Hall–Kier alpha value is -2.83. The molecule has 0 bridgehead atoms. The fourth-order valence-corrected chi connectivity index (χ4v) is 3.81. The van der Waals surface area contributed by atoms with Crippen LogP contribution in [0.3, 0.4) is 0 Å². The Labute approximate surface area is 165 Å². The number of benzene rings is 2. The molecule has 0 unspecified atom stereocenters. The lowest BCUT2D eigenvalue weighted by Gasteiger charge is -2.08. The summed E-state index contributed by atoms with van der Waals surface area (Å²) in [5.74, 6) is 0.585. The van der Waals surface area contributed by atoms with Gasteiger partial charge in [-0.2, -0.15) is 0 Å². The van der Waals surface area contributed by atoms with E-state index in [4.69, 9.17) is 16.3 Å². The highest BCUT2D eigenvalue weighted by Gasteiger charge is 2.16. The molecular formula is C20H16ClN3O2S. The van der Waals surface area contributed by atoms with Gasteiger partial charge in [0.25, 0.3) is 5.91 Å². The molecule has 1 amide bonds. The van der Waals surface area contributed by atoms with Crippen LogP contribution in [0, 0.1) is 6.92 Å². The van der Waals surface area contributed by atoms with Crippen LogP contribution in [-0.4, -0.2) is 22.4 Å². The van der Waals surface area contributed by atoms with E-state index in [1.54, 1.807) is 23.0 Å². The number of carbonyl (C=O) groups excluding carboxylic acids is 1. The number of carbonyl (C=O) groups is 1. The van der Waals surface area contributed by atoms with E-state index in [0.717, 1.165) is 27.5 Å². The molecule has 0 aliphatic carbocycles. The van der Waals surface area contributed by atoms with Crippen molar-refractivity contribution in [1.82, 2.24) is 9.38 Å². The van der Waals surface area contributed by atoms with Gasteiger partial charge in [-0.25, -0.2) is 4.98 Å². The first kappa shape index (κ1) is 17.6. The van der Waals surface area contributed by atoms with E-state index in [1.165, 1.54) is 11.3 Å². The first-order valence-electron chi connectivity index (χ1n) is 8.24. The van der Waals surface area contributed by atoms with Crippen LogP contribution >= 0.6 is 22.9 Å². The monoisotopic (exact) mass is 397 g/mol. The maximum absolute atomic E-state index is 12.8. The summed E-state index contributed by atoms with van der Waals surface area (Å²) in [5.41, 5.74) is 3.83. The largest absolute Gasteiger partial charge is 0.497 e. The number of hydrogen-bond donors (Lipinski definition) is 1. The number of thiazole rings is 1. The Morgan fingerprint density at radius 3 is 2.74 bits per heavy atom. The van der Waals surface area contributed by atoms with Crippen LogP contribution in [0.5, 0.6) is 5.75 Å². The lowest BCUT2D eigenvalue weighted by Crippen LogP contribution is -2.14. The first-order chi connectivity index (χ1) is 13.1. The normalized spacial score (nSPS) is 10.9. The number of hydrogen-bond acceptors (Lipinski definition) is 4. The molecule has 2 aromatic carbocycles. The molecule has 2 heterocycles. The van der Waals surface area contributed by atoms with Crippen molar-refractivity contribution in [3.05, 3.63) is 70.3 Å². The smallest absolute Gasteiger partial charge is 0.273 e. The molecule has 0 saturated carbocycles. The van der Waals surface area contributed by atoms with E-state index in [9.17, 15) is 4.79 Å². The second kappa shape index (κ2) is 7.06. The van der Waals surface area contributed by atoms with Crippen LogP contribution in [0.4, 0.5) is 5.69 Å². The molecule has 0 atom stereocenters. The van der Waals surface area contributed by atoms with Gasteiger partial charge in [-0.3, -0.25) is 9.20 Å². The Morgan fingerprint density at radius 2 is 2.00 bits per heavy atom.